The minimum Gasteiger partial charge on any atom is -0.465 e. The van der Waals surface area contributed by atoms with Crippen molar-refractivity contribution in [2.24, 2.45) is 12.8 Å². The molecule has 2 aromatic carbocycles. The van der Waals surface area contributed by atoms with Crippen LogP contribution in [0.25, 0.3) is 11.0 Å². The first kappa shape index (κ1) is 32.9. The molecule has 1 amide bonds. The first-order valence-corrected chi connectivity index (χ1v) is 13.1. The Hall–Kier alpha value is -3.34. The van der Waals surface area contributed by atoms with E-state index in [1.54, 1.807) is 19.1 Å². The van der Waals surface area contributed by atoms with Gasteiger partial charge < -0.3 is 25.3 Å². The average molecular weight is 593 g/mol. The van der Waals surface area contributed by atoms with E-state index >= 15 is 0 Å². The molecule has 3 aromatic rings. The molecule has 2 heterocycles. The molecule has 0 aliphatic carbocycles. The summed E-state index contributed by atoms with van der Waals surface area (Å²) in [7, 11) is 1.96. The quantitative estimate of drug-likeness (QED) is 0.160. The number of carbonyl (C=O) groups is 2. The number of hydrogen-bond acceptors (Lipinski definition) is 7. The lowest BCUT2D eigenvalue weighted by Gasteiger charge is -2.37. The number of carbonyl (C=O) groups excluding carboxylic acids is 2. The third-order valence-corrected chi connectivity index (χ3v) is 7.16. The second-order valence-electron chi connectivity index (χ2n) is 9.77. The summed E-state index contributed by atoms with van der Waals surface area (Å²) < 4.78 is 7.12. The number of halogens is 2. The Bertz CT molecular complexity index is 1320. The number of esters is 1. The van der Waals surface area contributed by atoms with Crippen molar-refractivity contribution >= 4 is 59.2 Å². The number of imidazole rings is 1. The zero-order chi connectivity index (χ0) is 27.3. The maximum Gasteiger partial charge on any atom is 0.319 e. The van der Waals surface area contributed by atoms with Gasteiger partial charge in [-0.05, 0) is 75.1 Å². The fraction of sp³-hybridized carbons (Fsp3) is 0.429. The topological polar surface area (TPSA) is 138 Å². The van der Waals surface area contributed by atoms with Gasteiger partial charge in [-0.25, -0.2) is 4.98 Å². The number of rotatable bonds is 10. The van der Waals surface area contributed by atoms with Gasteiger partial charge in [0, 0.05) is 31.4 Å². The molecule has 1 aromatic heterocycles. The number of ether oxygens (including phenoxy) is 1. The number of aromatic nitrogens is 2. The molecule has 1 unspecified atom stereocenters. The fourth-order valence-electron chi connectivity index (χ4n) is 4.84. The summed E-state index contributed by atoms with van der Waals surface area (Å²) in [6.07, 6.45) is 3.08. The van der Waals surface area contributed by atoms with Crippen LogP contribution in [0.1, 0.15) is 50.1 Å². The van der Waals surface area contributed by atoms with Gasteiger partial charge in [-0.2, -0.15) is 0 Å². The Morgan fingerprint density at radius 1 is 1.10 bits per heavy atom. The van der Waals surface area contributed by atoms with Crippen LogP contribution in [0, 0.1) is 5.41 Å². The van der Waals surface area contributed by atoms with Gasteiger partial charge >= 0.3 is 5.97 Å². The number of fused-ring (bicyclic) bond motifs is 1. The molecule has 1 aliphatic rings. The Labute approximate surface area is 247 Å². The van der Waals surface area contributed by atoms with Crippen LogP contribution in [0.4, 0.5) is 5.69 Å². The van der Waals surface area contributed by atoms with Gasteiger partial charge in [0.25, 0.3) is 0 Å². The molecule has 1 fully saturated rings. The van der Waals surface area contributed by atoms with Gasteiger partial charge in [-0.15, -0.1) is 24.8 Å². The lowest BCUT2D eigenvalue weighted by atomic mass is 9.89. The van der Waals surface area contributed by atoms with Gasteiger partial charge in [0.15, 0.2) is 0 Å². The third kappa shape index (κ3) is 7.24. The molecule has 218 valence electrons. The van der Waals surface area contributed by atoms with E-state index in [9.17, 15) is 9.59 Å². The molecular weight excluding hydrogens is 553 g/mol. The number of nitrogens with one attached hydrogen (secondary N) is 3. The van der Waals surface area contributed by atoms with Crippen LogP contribution in [-0.4, -0.2) is 58.4 Å². The van der Waals surface area contributed by atoms with E-state index in [4.69, 9.17) is 20.9 Å². The lowest BCUT2D eigenvalue weighted by Crippen LogP contribution is -2.56. The van der Waals surface area contributed by atoms with Crippen molar-refractivity contribution in [3.8, 4) is 0 Å². The van der Waals surface area contributed by atoms with Crippen LogP contribution < -0.4 is 16.4 Å². The summed E-state index contributed by atoms with van der Waals surface area (Å²) >= 11 is 0. The molecule has 1 saturated heterocycles. The van der Waals surface area contributed by atoms with Crippen LogP contribution in [0.3, 0.4) is 0 Å². The second-order valence-corrected chi connectivity index (χ2v) is 9.77. The van der Waals surface area contributed by atoms with Crippen LogP contribution in [0.15, 0.2) is 42.5 Å². The second kappa shape index (κ2) is 14.3. The van der Waals surface area contributed by atoms with Crippen molar-refractivity contribution in [2.75, 3.05) is 31.6 Å². The van der Waals surface area contributed by atoms with Gasteiger partial charge in [-0.3, -0.25) is 20.3 Å². The molecule has 5 N–H and O–H groups in total. The van der Waals surface area contributed by atoms with Crippen molar-refractivity contribution in [2.45, 2.75) is 45.2 Å². The molecule has 1 aliphatic heterocycles. The van der Waals surface area contributed by atoms with Crippen molar-refractivity contribution in [3.05, 3.63) is 59.4 Å². The summed E-state index contributed by atoms with van der Waals surface area (Å²) in [5.74, 6) is 0.419. The summed E-state index contributed by atoms with van der Waals surface area (Å²) in [5.41, 5.74) is 8.46. The third-order valence-electron chi connectivity index (χ3n) is 7.16. The number of nitrogens with two attached hydrogens (primary N) is 1. The van der Waals surface area contributed by atoms with Gasteiger partial charge in [0.2, 0.25) is 5.91 Å². The smallest absolute Gasteiger partial charge is 0.319 e. The predicted molar refractivity (Wildman–Crippen MR) is 162 cm³/mol. The molecule has 10 nitrogen and oxygen atoms in total. The zero-order valence-corrected chi connectivity index (χ0v) is 24.8. The highest BCUT2D eigenvalue weighted by Crippen LogP contribution is 2.29. The SMILES string of the molecule is CCOC(=O)CNC(C)(C(=O)N1CCCCC1)c1ccc2c(c1)nc(CNc1ccc(C(=N)N)cc1)n2C.Cl.Cl. The number of likely N-dealkylation sites (tertiary alicyclic amines) is 1. The first-order valence-electron chi connectivity index (χ1n) is 13.1. The standard InChI is InChI=1S/C28H37N7O3.2ClH/c1-4-38-25(36)18-32-28(2,27(37)35-14-6-5-7-15-35)20-10-13-23-22(16-20)33-24(34(23)3)17-31-21-11-8-19(9-12-21)26(29)30;;/h8-13,16,31-32H,4-7,14-15,17-18H2,1-3H3,(H3,29,30);2*1H. The number of anilines is 1. The predicted octanol–water partition coefficient (Wildman–Crippen LogP) is 3.69. The normalized spacial score (nSPS) is 14.4. The number of benzene rings is 2. The minimum atomic E-state index is -1.10. The van der Waals surface area contributed by atoms with Crippen LogP contribution in [0.5, 0.6) is 0 Å². The van der Waals surface area contributed by atoms with Crippen molar-refractivity contribution in [3.63, 3.8) is 0 Å². The number of amidine groups is 1. The molecule has 0 spiro atoms. The van der Waals surface area contributed by atoms with E-state index in [-0.39, 0.29) is 49.7 Å². The minimum absolute atomic E-state index is 0. The molecule has 1 atom stereocenters. The number of nitrogen functional groups attached to an aromatic ring is 1. The Morgan fingerprint density at radius 3 is 2.40 bits per heavy atom. The Balaban J connectivity index is 0.00000280. The van der Waals surface area contributed by atoms with Gasteiger partial charge in [0.1, 0.15) is 17.2 Å². The molecule has 0 saturated carbocycles. The van der Waals surface area contributed by atoms with E-state index in [1.165, 1.54) is 0 Å². The number of amides is 1. The number of hydrogen-bond donors (Lipinski definition) is 4. The highest BCUT2D eigenvalue weighted by atomic mass is 35.5. The van der Waals surface area contributed by atoms with Gasteiger partial charge in [0.05, 0.1) is 30.7 Å². The molecule has 12 heteroatoms. The van der Waals surface area contributed by atoms with E-state index in [0.717, 1.165) is 47.4 Å². The first-order chi connectivity index (χ1) is 18.2. The van der Waals surface area contributed by atoms with Crippen molar-refractivity contribution in [1.29, 1.82) is 5.41 Å². The van der Waals surface area contributed by atoms with Crippen molar-refractivity contribution < 1.29 is 14.3 Å². The number of piperidine rings is 1. The van der Waals surface area contributed by atoms with E-state index in [0.29, 0.717) is 25.2 Å². The lowest BCUT2D eigenvalue weighted by molar-refractivity contribution is -0.144. The summed E-state index contributed by atoms with van der Waals surface area (Å²) in [6, 6.07) is 13.2. The van der Waals surface area contributed by atoms with E-state index < -0.39 is 11.5 Å². The van der Waals surface area contributed by atoms with E-state index in [2.05, 4.69) is 10.6 Å². The zero-order valence-electron chi connectivity index (χ0n) is 23.2. The van der Waals surface area contributed by atoms with Crippen molar-refractivity contribution in [1.82, 2.24) is 19.8 Å². The maximum absolute atomic E-state index is 13.8. The largest absolute Gasteiger partial charge is 0.465 e. The summed E-state index contributed by atoms with van der Waals surface area (Å²) in [5, 5.41) is 14.1. The molecule has 40 heavy (non-hydrogen) atoms. The molecule has 0 radical (unpaired) electrons. The van der Waals surface area contributed by atoms with E-state index in [1.807, 2.05) is 53.8 Å². The fourth-order valence-corrected chi connectivity index (χ4v) is 4.84. The van der Waals surface area contributed by atoms with Crippen LogP contribution in [0.2, 0.25) is 0 Å². The number of aryl methyl sites for hydroxylation is 1. The monoisotopic (exact) mass is 591 g/mol. The maximum atomic E-state index is 13.8. The summed E-state index contributed by atoms with van der Waals surface area (Å²) in [4.78, 5) is 32.7. The van der Waals surface area contributed by atoms with Crippen LogP contribution >= 0.6 is 24.8 Å². The molecule has 0 bridgehead atoms. The average Bonchev–Trinajstić information content (AvgIpc) is 3.25. The van der Waals surface area contributed by atoms with Crippen LogP contribution in [-0.2, 0) is 33.5 Å². The Morgan fingerprint density at radius 2 is 1.77 bits per heavy atom. The number of nitrogens with zero attached hydrogens (tertiary/aromatic N) is 3. The molecule has 4 rings (SSSR count). The van der Waals surface area contributed by atoms with Gasteiger partial charge in [-0.1, -0.05) is 6.07 Å². The Kier molecular flexibility index (Phi) is 11.8. The highest BCUT2D eigenvalue weighted by Gasteiger charge is 2.39. The highest BCUT2D eigenvalue weighted by molar-refractivity contribution is 5.95. The summed E-state index contributed by atoms with van der Waals surface area (Å²) in [6.45, 7) is 5.73. The molecular formula is C28H39Cl2N7O3.